The van der Waals surface area contributed by atoms with Gasteiger partial charge in [0.25, 0.3) is 0 Å². The Kier molecular flexibility index (Phi) is 8.86. The quantitative estimate of drug-likeness (QED) is 0.156. The smallest absolute Gasteiger partial charge is 0.114 e. The molecule has 0 spiro atoms. The highest BCUT2D eigenvalue weighted by Crippen LogP contribution is 2.47. The van der Waals surface area contributed by atoms with Crippen molar-refractivity contribution in [1.29, 1.82) is 0 Å². The van der Waals surface area contributed by atoms with Gasteiger partial charge in [-0.25, -0.2) is 0 Å². The van der Waals surface area contributed by atoms with Gasteiger partial charge in [-0.1, -0.05) is 182 Å². The number of hydrogen-bond acceptors (Lipinski definition) is 3. The van der Waals surface area contributed by atoms with Crippen molar-refractivity contribution in [2.24, 2.45) is 0 Å². The van der Waals surface area contributed by atoms with E-state index < -0.39 is 0 Å². The zero-order valence-electron chi connectivity index (χ0n) is 37.4. The van der Waals surface area contributed by atoms with Crippen molar-refractivity contribution in [3.8, 4) is 61.3 Å². The second kappa shape index (κ2) is 15.7. The third kappa shape index (κ3) is 6.41. The van der Waals surface area contributed by atoms with E-state index in [-0.39, 0.29) is 0 Å². The molecule has 4 nitrogen and oxygen atoms in total. The number of aromatic nitrogens is 4. The maximum absolute atomic E-state index is 5.09. The van der Waals surface area contributed by atoms with Crippen LogP contribution in [0, 0.1) is 0 Å². The molecule has 2 aromatic heterocycles. The first-order valence-electron chi connectivity index (χ1n) is 23.5. The lowest BCUT2D eigenvalue weighted by Gasteiger charge is -2.19. The first kappa shape index (κ1) is 39.0. The topological polar surface area (TPSA) is 43.6 Å². The van der Waals surface area contributed by atoms with Crippen LogP contribution < -0.4 is 0 Å². The highest BCUT2D eigenvalue weighted by atomic mass is 15.5. The van der Waals surface area contributed by atoms with E-state index in [0.717, 1.165) is 39.0 Å². The van der Waals surface area contributed by atoms with Gasteiger partial charge in [-0.05, 0) is 163 Å². The van der Waals surface area contributed by atoms with Gasteiger partial charge in [0.05, 0.1) is 5.69 Å². The molecule has 0 aliphatic rings. The van der Waals surface area contributed by atoms with Crippen LogP contribution in [0.1, 0.15) is 0 Å². The second-order valence-corrected chi connectivity index (χ2v) is 18.0. The summed E-state index contributed by atoms with van der Waals surface area (Å²) in [6.07, 6.45) is 3.79. The molecule has 0 saturated heterocycles. The highest BCUT2D eigenvalue weighted by molar-refractivity contribution is 6.23. The molecule has 0 unspecified atom stereocenters. The van der Waals surface area contributed by atoms with Gasteiger partial charge in [0.15, 0.2) is 0 Å². The molecule has 2 heterocycles. The fourth-order valence-corrected chi connectivity index (χ4v) is 10.9. The molecule has 0 N–H and O–H groups in total. The monoisotopic (exact) mass is 876 g/mol. The first-order valence-corrected chi connectivity index (χ1v) is 23.5. The molecule has 12 aromatic carbocycles. The predicted molar refractivity (Wildman–Crippen MR) is 289 cm³/mol. The van der Waals surface area contributed by atoms with Crippen LogP contribution in [0.5, 0.6) is 0 Å². The summed E-state index contributed by atoms with van der Waals surface area (Å²) < 4.78 is 0. The minimum absolute atomic E-state index is 0.838. The van der Waals surface area contributed by atoms with Gasteiger partial charge < -0.3 is 0 Å². The van der Waals surface area contributed by atoms with Crippen molar-refractivity contribution in [1.82, 2.24) is 20.0 Å². The summed E-state index contributed by atoms with van der Waals surface area (Å²) in [6.45, 7) is 0. The van der Waals surface area contributed by atoms with Crippen LogP contribution in [0.25, 0.3) is 137 Å². The Hall–Kier alpha value is -9.25. The average molecular weight is 877 g/mol. The Morgan fingerprint density at radius 3 is 1.26 bits per heavy atom. The number of pyridine rings is 1. The third-order valence-electron chi connectivity index (χ3n) is 14.1. The average Bonchev–Trinajstić information content (AvgIpc) is 3.85. The lowest BCUT2D eigenvalue weighted by atomic mass is 9.84. The summed E-state index contributed by atoms with van der Waals surface area (Å²) in [7, 11) is 0. The van der Waals surface area contributed by atoms with E-state index in [1.165, 1.54) is 98.0 Å². The van der Waals surface area contributed by atoms with E-state index in [1.54, 1.807) is 4.80 Å². The summed E-state index contributed by atoms with van der Waals surface area (Å²) >= 11 is 0. The van der Waals surface area contributed by atoms with Crippen LogP contribution in [0.15, 0.2) is 243 Å². The van der Waals surface area contributed by atoms with Gasteiger partial charge in [0.2, 0.25) is 0 Å². The second-order valence-electron chi connectivity index (χ2n) is 18.0. The van der Waals surface area contributed by atoms with E-state index >= 15 is 0 Å². The molecule has 0 aliphatic carbocycles. The largest absolute Gasteiger partial charge is 0.264 e. The number of fused-ring (bicyclic) bond motifs is 7. The third-order valence-corrected chi connectivity index (χ3v) is 14.1. The highest BCUT2D eigenvalue weighted by Gasteiger charge is 2.20. The van der Waals surface area contributed by atoms with Gasteiger partial charge in [-0.15, -0.1) is 10.2 Å². The lowest BCUT2D eigenvalue weighted by Crippen LogP contribution is -1.98. The Balaban J connectivity index is 0.887. The van der Waals surface area contributed by atoms with E-state index in [4.69, 9.17) is 10.2 Å². The van der Waals surface area contributed by atoms with Crippen LogP contribution in [0.3, 0.4) is 0 Å². The van der Waals surface area contributed by atoms with Gasteiger partial charge in [-0.2, -0.15) is 4.80 Å². The summed E-state index contributed by atoms with van der Waals surface area (Å²) in [5, 5.41) is 24.7. The molecule has 320 valence electrons. The van der Waals surface area contributed by atoms with Crippen molar-refractivity contribution < 1.29 is 0 Å². The molecule has 0 fully saturated rings. The zero-order valence-corrected chi connectivity index (χ0v) is 37.4. The fourth-order valence-electron chi connectivity index (χ4n) is 10.9. The van der Waals surface area contributed by atoms with Crippen LogP contribution in [-0.2, 0) is 0 Å². The Morgan fingerprint density at radius 2 is 0.696 bits per heavy atom. The summed E-state index contributed by atoms with van der Waals surface area (Å²) in [5.74, 6) is 0. The summed E-state index contributed by atoms with van der Waals surface area (Å²) in [6, 6.07) is 83.6. The molecular weight excluding hydrogens is 837 g/mol. The van der Waals surface area contributed by atoms with Gasteiger partial charge in [-0.3, -0.25) is 4.98 Å². The number of nitrogens with zero attached hydrogens (tertiary/aromatic N) is 4. The fraction of sp³-hybridized carbons (Fsp3) is 0. The molecule has 0 amide bonds. The minimum Gasteiger partial charge on any atom is -0.264 e. The van der Waals surface area contributed by atoms with E-state index in [9.17, 15) is 0 Å². The van der Waals surface area contributed by atoms with Gasteiger partial charge in [0, 0.05) is 18.0 Å². The molecule has 69 heavy (non-hydrogen) atoms. The standard InChI is InChI=1S/C65H40N4/c1-3-14-44-36-48(25-23-41(44)12-1)63-54-19-7-8-20-55(54)64(49-26-24-42-13-2-4-15-45(42)37-49)59-38-46(29-33-58(59)63)47-30-34-60-61(39-47)68-69(67-60)51-31-27-43(28-32-51)62-52-17-5-9-21-56(52)65(50-16-11-35-66-40-50)57-22-10-6-18-53(57)62/h1-40H. The molecule has 0 bridgehead atoms. The van der Waals surface area contributed by atoms with Crippen molar-refractivity contribution >= 4 is 75.7 Å². The van der Waals surface area contributed by atoms with Crippen molar-refractivity contribution in [2.75, 3.05) is 0 Å². The van der Waals surface area contributed by atoms with Gasteiger partial charge in [0.1, 0.15) is 11.0 Å². The van der Waals surface area contributed by atoms with E-state index in [1.807, 2.05) is 18.5 Å². The molecular formula is C65H40N4. The van der Waals surface area contributed by atoms with E-state index in [2.05, 4.69) is 229 Å². The van der Waals surface area contributed by atoms with E-state index in [0.29, 0.717) is 0 Å². The normalized spacial score (nSPS) is 11.8. The number of hydrogen-bond donors (Lipinski definition) is 0. The maximum Gasteiger partial charge on any atom is 0.114 e. The lowest BCUT2D eigenvalue weighted by molar-refractivity contribution is 0.766. The maximum atomic E-state index is 5.09. The molecule has 0 atom stereocenters. The van der Waals surface area contributed by atoms with Crippen molar-refractivity contribution in [3.05, 3.63) is 243 Å². The SMILES string of the molecule is c1cncc(-c2c3ccccc3c(-c3ccc(-n4nc5ccc(-c6ccc7c(-c8ccc9ccccc9c8)c8ccccc8c(-c8ccc9ccccc9c8)c7c6)cc5n4)cc3)c3ccccc23)c1. The Bertz CT molecular complexity index is 4300. The zero-order chi connectivity index (χ0) is 45.4. The molecule has 0 aliphatic heterocycles. The minimum atomic E-state index is 0.838. The first-order chi connectivity index (χ1) is 34.2. The Labute approximate surface area is 398 Å². The van der Waals surface area contributed by atoms with Crippen LogP contribution in [0.4, 0.5) is 0 Å². The molecule has 14 rings (SSSR count). The molecule has 4 heteroatoms. The number of rotatable bonds is 6. The summed E-state index contributed by atoms with van der Waals surface area (Å²) in [4.78, 5) is 6.24. The van der Waals surface area contributed by atoms with Gasteiger partial charge >= 0.3 is 0 Å². The van der Waals surface area contributed by atoms with Crippen molar-refractivity contribution in [3.63, 3.8) is 0 Å². The van der Waals surface area contributed by atoms with Crippen molar-refractivity contribution in [2.45, 2.75) is 0 Å². The number of benzene rings is 12. The predicted octanol–water partition coefficient (Wildman–Crippen LogP) is 17.1. The molecule has 0 saturated carbocycles. The van der Waals surface area contributed by atoms with Crippen LogP contribution in [0.2, 0.25) is 0 Å². The Morgan fingerprint density at radius 1 is 0.261 bits per heavy atom. The molecule has 14 aromatic rings. The summed E-state index contributed by atoms with van der Waals surface area (Å²) in [5.41, 5.74) is 14.3. The van der Waals surface area contributed by atoms with Crippen LogP contribution >= 0.6 is 0 Å². The molecule has 0 radical (unpaired) electrons. The van der Waals surface area contributed by atoms with Crippen LogP contribution in [-0.4, -0.2) is 20.0 Å².